The van der Waals surface area contributed by atoms with Gasteiger partial charge in [0.1, 0.15) is 16.2 Å². The van der Waals surface area contributed by atoms with Gasteiger partial charge >= 0.3 is 0 Å². The number of hydrogen-bond donors (Lipinski definition) is 0. The van der Waals surface area contributed by atoms with Gasteiger partial charge in [0.2, 0.25) is 0 Å². The number of fused-ring (bicyclic) bond motifs is 7. The van der Waals surface area contributed by atoms with E-state index in [9.17, 15) is 0 Å². The van der Waals surface area contributed by atoms with Crippen molar-refractivity contribution in [2.75, 3.05) is 0 Å². The van der Waals surface area contributed by atoms with Crippen molar-refractivity contribution in [2.24, 2.45) is 0 Å². The maximum Gasteiger partial charge on any atom is 0.164 e. The van der Waals surface area contributed by atoms with Crippen molar-refractivity contribution in [3.63, 3.8) is 0 Å². The highest BCUT2D eigenvalue weighted by Gasteiger charge is 2.21. The lowest BCUT2D eigenvalue weighted by Gasteiger charge is -2.10. The molecule has 0 saturated carbocycles. The largest absolute Gasteiger partial charge is 0.455 e. The molecule has 4 aromatic heterocycles. The van der Waals surface area contributed by atoms with E-state index in [1.807, 2.05) is 48.5 Å². The molecule has 0 aliphatic rings. The Hall–Kier alpha value is -6.54. The van der Waals surface area contributed by atoms with Crippen LogP contribution in [-0.2, 0) is 0 Å². The summed E-state index contributed by atoms with van der Waals surface area (Å²) in [5.41, 5.74) is 8.65. The number of thiophene rings is 1. The predicted octanol–water partition coefficient (Wildman–Crippen LogP) is 13.1. The van der Waals surface area contributed by atoms with E-state index in [4.69, 9.17) is 24.4 Å². The van der Waals surface area contributed by atoms with E-state index < -0.39 is 0 Å². The third-order valence-corrected chi connectivity index (χ3v) is 12.0. The molecule has 11 rings (SSSR count). The predicted molar refractivity (Wildman–Crippen MR) is 220 cm³/mol. The summed E-state index contributed by atoms with van der Waals surface area (Å²) in [5, 5.41) is 5.37. The highest BCUT2D eigenvalue weighted by Crippen LogP contribution is 2.43. The summed E-state index contributed by atoms with van der Waals surface area (Å²) < 4.78 is 10.3. The zero-order valence-electron chi connectivity index (χ0n) is 28.0. The molecule has 7 aromatic carbocycles. The molecular formula is C46H26N4OS2. The van der Waals surface area contributed by atoms with Gasteiger partial charge in [-0.2, -0.15) is 0 Å². The van der Waals surface area contributed by atoms with E-state index in [-0.39, 0.29) is 0 Å². The minimum atomic E-state index is 0.601. The second kappa shape index (κ2) is 12.0. The Balaban J connectivity index is 1.08. The molecular weight excluding hydrogens is 689 g/mol. The third-order valence-electron chi connectivity index (χ3n) is 9.81. The van der Waals surface area contributed by atoms with E-state index in [2.05, 4.69) is 109 Å². The first-order valence-electron chi connectivity index (χ1n) is 17.4. The van der Waals surface area contributed by atoms with Crippen molar-refractivity contribution >= 4 is 75.0 Å². The van der Waals surface area contributed by atoms with Crippen LogP contribution in [0.4, 0.5) is 0 Å². The van der Waals surface area contributed by atoms with Crippen molar-refractivity contribution in [2.45, 2.75) is 0 Å². The quantitative estimate of drug-likeness (QED) is 0.178. The minimum Gasteiger partial charge on any atom is -0.455 e. The van der Waals surface area contributed by atoms with Crippen molar-refractivity contribution < 1.29 is 4.42 Å². The Morgan fingerprint density at radius 1 is 0.377 bits per heavy atom. The van der Waals surface area contributed by atoms with Crippen molar-refractivity contribution in [3.05, 3.63) is 158 Å². The summed E-state index contributed by atoms with van der Waals surface area (Å²) in [5.74, 6) is 1.87. The van der Waals surface area contributed by atoms with Crippen LogP contribution in [0.5, 0.6) is 0 Å². The highest BCUT2D eigenvalue weighted by molar-refractivity contribution is 7.26. The molecule has 0 bridgehead atoms. The monoisotopic (exact) mass is 714 g/mol. The Kier molecular flexibility index (Phi) is 6.83. The van der Waals surface area contributed by atoms with Gasteiger partial charge in [-0.3, -0.25) is 0 Å². The van der Waals surface area contributed by atoms with Gasteiger partial charge in [0.25, 0.3) is 0 Å². The third kappa shape index (κ3) is 4.97. The van der Waals surface area contributed by atoms with Crippen LogP contribution in [0.25, 0.3) is 108 Å². The molecule has 0 radical (unpaired) electrons. The molecule has 0 aliphatic carbocycles. The van der Waals surface area contributed by atoms with Gasteiger partial charge < -0.3 is 4.42 Å². The Morgan fingerprint density at radius 3 is 1.83 bits per heavy atom. The molecule has 248 valence electrons. The number of benzene rings is 7. The van der Waals surface area contributed by atoms with Gasteiger partial charge in [0.15, 0.2) is 17.5 Å². The average Bonchev–Trinajstić information content (AvgIpc) is 3.94. The van der Waals surface area contributed by atoms with Crippen molar-refractivity contribution in [3.8, 4) is 55.9 Å². The number of hydrogen-bond acceptors (Lipinski definition) is 7. The summed E-state index contributed by atoms with van der Waals surface area (Å²) in [6.07, 6.45) is 0. The average molecular weight is 715 g/mol. The maximum atomic E-state index is 6.70. The minimum absolute atomic E-state index is 0.601. The van der Waals surface area contributed by atoms with Crippen LogP contribution >= 0.6 is 22.7 Å². The van der Waals surface area contributed by atoms with Crippen molar-refractivity contribution in [1.82, 2.24) is 19.9 Å². The molecule has 0 unspecified atom stereocenters. The van der Waals surface area contributed by atoms with Gasteiger partial charge in [0.05, 0.1) is 10.2 Å². The zero-order chi connectivity index (χ0) is 34.9. The Morgan fingerprint density at radius 2 is 1.00 bits per heavy atom. The first kappa shape index (κ1) is 30.1. The molecule has 0 fully saturated rings. The maximum absolute atomic E-state index is 6.70. The van der Waals surface area contributed by atoms with Crippen LogP contribution in [0.2, 0.25) is 0 Å². The lowest BCUT2D eigenvalue weighted by molar-refractivity contribution is 0.670. The fourth-order valence-electron chi connectivity index (χ4n) is 7.34. The summed E-state index contributed by atoms with van der Waals surface area (Å²) in [7, 11) is 0. The van der Waals surface area contributed by atoms with E-state index in [1.165, 1.54) is 19.5 Å². The number of aromatic nitrogens is 4. The van der Waals surface area contributed by atoms with E-state index >= 15 is 0 Å². The SMILES string of the molecule is c1ccc(-c2nc(-c3cccc4oc5c(-c6ccc(-c7nc8ccccc8s7)cc6)cccc5c34)nc(-c3cccc4sc5ccccc5c34)n2)cc1. The second-order valence-electron chi connectivity index (χ2n) is 13.0. The van der Waals surface area contributed by atoms with Crippen LogP contribution in [0.1, 0.15) is 0 Å². The van der Waals surface area contributed by atoms with Gasteiger partial charge in [-0.25, -0.2) is 19.9 Å². The van der Waals surface area contributed by atoms with E-state index in [1.54, 1.807) is 22.7 Å². The van der Waals surface area contributed by atoms with Gasteiger partial charge in [-0.15, -0.1) is 22.7 Å². The van der Waals surface area contributed by atoms with Crippen LogP contribution in [0.3, 0.4) is 0 Å². The summed E-state index contributed by atoms with van der Waals surface area (Å²) in [6.45, 7) is 0. The molecule has 0 aliphatic heterocycles. The molecule has 0 amide bonds. The van der Waals surface area contributed by atoms with Crippen molar-refractivity contribution in [1.29, 1.82) is 0 Å². The first-order chi connectivity index (χ1) is 26.2. The lowest BCUT2D eigenvalue weighted by atomic mass is 9.99. The zero-order valence-corrected chi connectivity index (χ0v) is 29.7. The summed E-state index contributed by atoms with van der Waals surface area (Å²) >= 11 is 3.50. The molecule has 4 heterocycles. The van der Waals surface area contributed by atoms with Gasteiger partial charge in [-0.1, -0.05) is 127 Å². The fraction of sp³-hybridized carbons (Fsp3) is 0. The fourth-order valence-corrected chi connectivity index (χ4v) is 9.45. The van der Waals surface area contributed by atoms with E-state index in [0.717, 1.165) is 71.2 Å². The summed E-state index contributed by atoms with van der Waals surface area (Å²) in [4.78, 5) is 20.4. The van der Waals surface area contributed by atoms with Crippen LogP contribution < -0.4 is 0 Å². The molecule has 5 nitrogen and oxygen atoms in total. The van der Waals surface area contributed by atoms with Crippen LogP contribution in [0.15, 0.2) is 162 Å². The van der Waals surface area contributed by atoms with Crippen LogP contribution in [-0.4, -0.2) is 19.9 Å². The number of rotatable bonds is 5. The van der Waals surface area contributed by atoms with Gasteiger partial charge in [-0.05, 0) is 35.9 Å². The van der Waals surface area contributed by atoms with Crippen LogP contribution in [0, 0.1) is 0 Å². The molecule has 0 atom stereocenters. The lowest BCUT2D eigenvalue weighted by Crippen LogP contribution is -2.00. The number of nitrogens with zero attached hydrogens (tertiary/aromatic N) is 4. The summed E-state index contributed by atoms with van der Waals surface area (Å²) in [6, 6.07) is 54.4. The topological polar surface area (TPSA) is 64.7 Å². The normalized spacial score (nSPS) is 11.8. The Labute approximate surface area is 311 Å². The first-order valence-corrected chi connectivity index (χ1v) is 19.0. The number of furan rings is 1. The smallest absolute Gasteiger partial charge is 0.164 e. The molecule has 53 heavy (non-hydrogen) atoms. The molecule has 0 saturated heterocycles. The van der Waals surface area contributed by atoms with Gasteiger partial charge in [0, 0.05) is 58.8 Å². The second-order valence-corrected chi connectivity index (χ2v) is 15.1. The molecule has 7 heteroatoms. The molecule has 0 N–H and O–H groups in total. The standard InChI is InChI=1S/C46H26N4OS2/c1-2-11-28(12-3-1)43-48-44(50-45(49-43)34-17-10-22-39-41(34)31-13-4-6-20-37(31)52-39)33-16-9-19-36-40(33)32-15-8-14-30(42(32)51-36)27-23-25-29(26-24-27)46-47-35-18-5-7-21-38(35)53-46/h1-26H. The molecule has 0 spiro atoms. The Bertz CT molecular complexity index is 3150. The number of thiazole rings is 1. The highest BCUT2D eigenvalue weighted by atomic mass is 32.1. The number of para-hydroxylation sites is 2. The molecule has 11 aromatic rings. The van der Waals surface area contributed by atoms with E-state index in [0.29, 0.717) is 17.5 Å².